The number of rotatable bonds is 0. The van der Waals surface area contributed by atoms with Crippen LogP contribution in [-0.2, 0) is 0 Å². The summed E-state index contributed by atoms with van der Waals surface area (Å²) in [6.45, 7) is 0.567. The van der Waals surface area contributed by atoms with Gasteiger partial charge in [0.25, 0.3) is 0 Å². The fraction of sp³-hybridized carbons (Fsp3) is 0.250. The van der Waals surface area contributed by atoms with Crippen molar-refractivity contribution < 1.29 is 0 Å². The zero-order chi connectivity index (χ0) is 6.85. The summed E-state index contributed by atoms with van der Waals surface area (Å²) in [6, 6.07) is 0. The van der Waals surface area contributed by atoms with E-state index in [9.17, 15) is 0 Å². The van der Waals surface area contributed by atoms with E-state index in [0.29, 0.717) is 16.9 Å². The van der Waals surface area contributed by atoms with Crippen LogP contribution in [0.25, 0.3) is 0 Å². The quantitative estimate of drug-likeness (QED) is 0.460. The van der Waals surface area contributed by atoms with Crippen molar-refractivity contribution in [3.05, 3.63) is 11.4 Å². The molecule has 0 aromatic rings. The number of halogens is 3. The van der Waals surface area contributed by atoms with Crippen LogP contribution in [0.3, 0.4) is 0 Å². The van der Waals surface area contributed by atoms with Crippen LogP contribution < -0.4 is 0 Å². The summed E-state index contributed by atoms with van der Waals surface area (Å²) >= 11 is 14.3. The molecule has 0 saturated heterocycles. The molecule has 1 rings (SSSR count). The largest absolute Gasteiger partial charge is 0.306 e. The number of hydrogen-bond donors (Lipinski definition) is 0. The molecule has 0 radical (unpaired) electrons. The van der Waals surface area contributed by atoms with Crippen LogP contribution in [0.4, 0.5) is 0 Å². The van der Waals surface area contributed by atoms with Crippen molar-refractivity contribution in [3.63, 3.8) is 0 Å². The Morgan fingerprint density at radius 1 is 1.67 bits per heavy atom. The van der Waals surface area contributed by atoms with E-state index in [2.05, 4.69) is 21.1 Å². The summed E-state index contributed by atoms with van der Waals surface area (Å²) in [5.41, 5.74) is 0. The highest BCUT2D eigenvalue weighted by Gasteiger charge is 2.06. The van der Waals surface area contributed by atoms with Gasteiger partial charge in [-0.25, -0.2) is 4.99 Å². The van der Waals surface area contributed by atoms with E-state index < -0.39 is 0 Å². The molecular formula is C4H3BrCl2N2. The second-order valence-corrected chi connectivity index (χ2v) is 3.23. The first-order valence-corrected chi connectivity index (χ1v) is 3.68. The summed E-state index contributed by atoms with van der Waals surface area (Å²) in [5, 5.41) is 0.877. The van der Waals surface area contributed by atoms with E-state index in [1.165, 1.54) is 0 Å². The number of hydrogen-bond acceptors (Lipinski definition) is 2. The van der Waals surface area contributed by atoms with E-state index in [0.717, 1.165) is 0 Å². The highest BCUT2D eigenvalue weighted by molar-refractivity contribution is 9.07. The minimum Gasteiger partial charge on any atom is -0.306 e. The standard InChI is InChI=1S/C4H3BrCl2N2/c5-9-1-3(6)8-4(7)2-9/h1H,2H2. The smallest absolute Gasteiger partial charge is 0.147 e. The molecule has 0 saturated carbocycles. The third kappa shape index (κ3) is 2.16. The van der Waals surface area contributed by atoms with Gasteiger partial charge in [0.1, 0.15) is 10.3 Å². The van der Waals surface area contributed by atoms with Gasteiger partial charge < -0.3 is 3.93 Å². The Morgan fingerprint density at radius 3 is 2.78 bits per heavy atom. The summed E-state index contributed by atoms with van der Waals surface area (Å²) in [6.07, 6.45) is 1.65. The molecule has 0 N–H and O–H groups in total. The Balaban J connectivity index is 2.74. The van der Waals surface area contributed by atoms with Crippen LogP contribution in [-0.4, -0.2) is 15.6 Å². The molecule has 0 atom stereocenters. The number of aliphatic imine (C=N–C) groups is 1. The van der Waals surface area contributed by atoms with Crippen LogP contribution >= 0.6 is 39.3 Å². The minimum absolute atomic E-state index is 0.392. The summed E-state index contributed by atoms with van der Waals surface area (Å²) < 4.78 is 1.69. The Hall–Kier alpha value is 0.270. The highest BCUT2D eigenvalue weighted by Crippen LogP contribution is 2.15. The molecule has 0 bridgehead atoms. The van der Waals surface area contributed by atoms with Gasteiger partial charge in [-0.15, -0.1) is 0 Å². The lowest BCUT2D eigenvalue weighted by Gasteiger charge is -2.13. The fourth-order valence-electron chi connectivity index (χ4n) is 0.466. The van der Waals surface area contributed by atoms with Gasteiger partial charge in [0.2, 0.25) is 0 Å². The van der Waals surface area contributed by atoms with Crippen molar-refractivity contribution in [1.29, 1.82) is 0 Å². The second kappa shape index (κ2) is 2.90. The van der Waals surface area contributed by atoms with Crippen LogP contribution in [0.15, 0.2) is 16.3 Å². The maximum absolute atomic E-state index is 5.56. The molecule has 1 aliphatic heterocycles. The molecule has 0 amide bonds. The van der Waals surface area contributed by atoms with E-state index in [4.69, 9.17) is 23.2 Å². The van der Waals surface area contributed by atoms with Gasteiger partial charge in [-0.2, -0.15) is 0 Å². The van der Waals surface area contributed by atoms with Crippen molar-refractivity contribution in [2.45, 2.75) is 0 Å². The highest BCUT2D eigenvalue weighted by atomic mass is 79.9. The molecule has 0 spiro atoms. The van der Waals surface area contributed by atoms with Crippen molar-refractivity contribution in [2.75, 3.05) is 6.54 Å². The first-order chi connectivity index (χ1) is 4.18. The lowest BCUT2D eigenvalue weighted by Crippen LogP contribution is -2.15. The monoisotopic (exact) mass is 228 g/mol. The average molecular weight is 230 g/mol. The van der Waals surface area contributed by atoms with Crippen LogP contribution in [0.1, 0.15) is 0 Å². The molecule has 5 heteroatoms. The molecule has 50 valence electrons. The van der Waals surface area contributed by atoms with Gasteiger partial charge in [0.15, 0.2) is 0 Å². The Bertz CT molecular complexity index is 177. The van der Waals surface area contributed by atoms with E-state index in [-0.39, 0.29) is 0 Å². The van der Waals surface area contributed by atoms with Crippen molar-refractivity contribution in [1.82, 2.24) is 3.93 Å². The molecule has 0 unspecified atom stereocenters. The van der Waals surface area contributed by atoms with Crippen LogP contribution in [0.2, 0.25) is 0 Å². The van der Waals surface area contributed by atoms with Gasteiger partial charge in [0, 0.05) is 22.3 Å². The Labute approximate surface area is 71.5 Å². The van der Waals surface area contributed by atoms with Gasteiger partial charge in [-0.05, 0) is 0 Å². The molecule has 0 aromatic carbocycles. The lowest BCUT2D eigenvalue weighted by molar-refractivity contribution is 0.732. The molecule has 1 heterocycles. The fourth-order valence-corrected chi connectivity index (χ4v) is 1.64. The van der Waals surface area contributed by atoms with Gasteiger partial charge >= 0.3 is 0 Å². The zero-order valence-electron chi connectivity index (χ0n) is 4.31. The molecule has 9 heavy (non-hydrogen) atoms. The molecule has 0 aromatic heterocycles. The summed E-state index contributed by atoms with van der Waals surface area (Å²) in [7, 11) is 0. The van der Waals surface area contributed by atoms with Gasteiger partial charge in [-0.1, -0.05) is 23.2 Å². The first kappa shape index (κ1) is 7.38. The molecule has 0 aliphatic carbocycles. The van der Waals surface area contributed by atoms with Crippen LogP contribution in [0, 0.1) is 0 Å². The number of nitrogens with zero attached hydrogens (tertiary/aromatic N) is 2. The first-order valence-electron chi connectivity index (χ1n) is 2.21. The van der Waals surface area contributed by atoms with Gasteiger partial charge in [-0.3, -0.25) is 0 Å². The Kier molecular flexibility index (Phi) is 2.38. The van der Waals surface area contributed by atoms with Crippen molar-refractivity contribution >= 4 is 44.5 Å². The third-order valence-electron chi connectivity index (χ3n) is 0.756. The molecule has 0 fully saturated rings. The SMILES string of the molecule is ClC1=CN(Br)CC(Cl)=N1. The molecule has 1 aliphatic rings. The second-order valence-electron chi connectivity index (χ2n) is 1.50. The van der Waals surface area contributed by atoms with E-state index in [1.54, 1.807) is 10.1 Å². The minimum atomic E-state index is 0.392. The topological polar surface area (TPSA) is 15.6 Å². The zero-order valence-corrected chi connectivity index (χ0v) is 7.41. The molecular weight excluding hydrogens is 227 g/mol. The van der Waals surface area contributed by atoms with Crippen molar-refractivity contribution in [3.8, 4) is 0 Å². The predicted molar refractivity (Wildman–Crippen MR) is 42.9 cm³/mol. The normalized spacial score (nSPS) is 19.2. The lowest BCUT2D eigenvalue weighted by atomic mass is 10.6. The van der Waals surface area contributed by atoms with Crippen molar-refractivity contribution in [2.24, 2.45) is 4.99 Å². The Morgan fingerprint density at radius 2 is 2.33 bits per heavy atom. The predicted octanol–water partition coefficient (Wildman–Crippen LogP) is 2.29. The molecule has 2 nitrogen and oxygen atoms in total. The van der Waals surface area contributed by atoms with Gasteiger partial charge in [0.05, 0.1) is 6.54 Å². The maximum atomic E-state index is 5.56. The van der Waals surface area contributed by atoms with E-state index >= 15 is 0 Å². The van der Waals surface area contributed by atoms with E-state index in [1.807, 2.05) is 0 Å². The summed E-state index contributed by atoms with van der Waals surface area (Å²) in [4.78, 5) is 3.77. The third-order valence-corrected chi connectivity index (χ3v) is 1.60. The maximum Gasteiger partial charge on any atom is 0.147 e. The van der Waals surface area contributed by atoms with Crippen LogP contribution in [0.5, 0.6) is 0 Å². The summed E-state index contributed by atoms with van der Waals surface area (Å²) in [5.74, 6) is 0. The average Bonchev–Trinajstić information content (AvgIpc) is 1.59.